The number of rotatable bonds is 6. The molecule has 1 saturated carbocycles. The first-order chi connectivity index (χ1) is 13.7. The topological polar surface area (TPSA) is 75.2 Å². The lowest BCUT2D eigenvalue weighted by Crippen LogP contribution is -2.46. The Kier molecular flexibility index (Phi) is 5.65. The van der Waals surface area contributed by atoms with Crippen LogP contribution in [0.2, 0.25) is 0 Å². The molecule has 0 spiro atoms. The summed E-state index contributed by atoms with van der Waals surface area (Å²) in [6.45, 7) is 1.38. The van der Waals surface area contributed by atoms with Crippen molar-refractivity contribution in [2.75, 3.05) is 13.1 Å². The molecule has 2 aromatic rings. The number of hydrogen-bond donors (Lipinski definition) is 1. The molecule has 6 nitrogen and oxygen atoms in total. The molecule has 1 aromatic carbocycles. The maximum atomic E-state index is 12.5. The fourth-order valence-electron chi connectivity index (χ4n) is 3.63. The first-order valence-corrected chi connectivity index (χ1v) is 10.1. The molecule has 28 heavy (non-hydrogen) atoms. The van der Waals surface area contributed by atoms with Crippen LogP contribution in [0.15, 0.2) is 42.6 Å². The number of aromatic nitrogens is 2. The van der Waals surface area contributed by atoms with Crippen LogP contribution in [0.4, 0.5) is 0 Å². The van der Waals surface area contributed by atoms with Gasteiger partial charge < -0.3 is 10.2 Å². The predicted molar refractivity (Wildman–Crippen MR) is 106 cm³/mol. The number of amides is 2. The molecule has 4 rings (SSSR count). The van der Waals surface area contributed by atoms with E-state index < -0.39 is 0 Å². The van der Waals surface area contributed by atoms with Crippen LogP contribution in [0.25, 0.3) is 0 Å². The number of benzene rings is 1. The van der Waals surface area contributed by atoms with Gasteiger partial charge in [0.25, 0.3) is 5.91 Å². The molecule has 0 atom stereocenters. The number of aryl methyl sites for hydroxylation is 1. The van der Waals surface area contributed by atoms with Crippen molar-refractivity contribution in [2.45, 2.75) is 50.5 Å². The van der Waals surface area contributed by atoms with Crippen LogP contribution in [0.1, 0.15) is 59.9 Å². The summed E-state index contributed by atoms with van der Waals surface area (Å²) in [7, 11) is 0. The van der Waals surface area contributed by atoms with Gasteiger partial charge in [-0.15, -0.1) is 0 Å². The molecular formula is C22H26N4O2. The molecule has 0 bridgehead atoms. The molecule has 2 aliphatic rings. The lowest BCUT2D eigenvalue weighted by Gasteiger charge is -2.32. The van der Waals surface area contributed by atoms with Gasteiger partial charge in [0.2, 0.25) is 5.91 Å². The van der Waals surface area contributed by atoms with E-state index in [4.69, 9.17) is 0 Å². The summed E-state index contributed by atoms with van der Waals surface area (Å²) in [6, 6.07) is 11.8. The van der Waals surface area contributed by atoms with Crippen molar-refractivity contribution in [3.05, 3.63) is 59.7 Å². The summed E-state index contributed by atoms with van der Waals surface area (Å²) >= 11 is 0. The summed E-state index contributed by atoms with van der Waals surface area (Å²) in [5, 5.41) is 3.07. The Morgan fingerprint density at radius 3 is 2.50 bits per heavy atom. The van der Waals surface area contributed by atoms with Crippen LogP contribution in [0.3, 0.4) is 0 Å². The minimum Gasteiger partial charge on any atom is -0.348 e. The molecule has 1 aliphatic carbocycles. The van der Waals surface area contributed by atoms with E-state index in [-0.39, 0.29) is 17.9 Å². The Bertz CT molecular complexity index is 827. The van der Waals surface area contributed by atoms with Crippen LogP contribution < -0.4 is 5.32 Å². The third-order valence-electron chi connectivity index (χ3n) is 5.50. The Morgan fingerprint density at radius 2 is 1.79 bits per heavy atom. The summed E-state index contributed by atoms with van der Waals surface area (Å²) in [6.07, 6.45) is 6.76. The van der Waals surface area contributed by atoms with Gasteiger partial charge >= 0.3 is 0 Å². The minimum absolute atomic E-state index is 0.0880. The summed E-state index contributed by atoms with van der Waals surface area (Å²) < 4.78 is 0. The molecule has 2 heterocycles. The van der Waals surface area contributed by atoms with E-state index in [9.17, 15) is 9.59 Å². The smallest absolute Gasteiger partial charge is 0.270 e. The standard InChI is InChI=1S/C22H26N4O2/c27-20(9-6-16-4-2-1-3-5-16)26-14-11-18(12-15-26)24-22(28)19-10-13-23-21(25-19)17-7-8-17/h1-5,10,13,17-18H,6-9,11-12,14-15H2,(H,24,28). The molecule has 1 saturated heterocycles. The van der Waals surface area contributed by atoms with Gasteiger partial charge in [-0.3, -0.25) is 9.59 Å². The number of hydrogen-bond acceptors (Lipinski definition) is 4. The van der Waals surface area contributed by atoms with Gasteiger partial charge in [-0.2, -0.15) is 0 Å². The zero-order chi connectivity index (χ0) is 19.3. The number of carbonyl (C=O) groups excluding carboxylic acids is 2. The Hall–Kier alpha value is -2.76. The first-order valence-electron chi connectivity index (χ1n) is 10.1. The highest BCUT2D eigenvalue weighted by Crippen LogP contribution is 2.37. The van der Waals surface area contributed by atoms with Crippen molar-refractivity contribution in [1.82, 2.24) is 20.2 Å². The molecule has 1 aliphatic heterocycles. The second kappa shape index (κ2) is 8.50. The highest BCUT2D eigenvalue weighted by molar-refractivity contribution is 5.92. The summed E-state index contributed by atoms with van der Waals surface area (Å²) in [5.74, 6) is 1.26. The normalized spacial score (nSPS) is 17.4. The van der Waals surface area contributed by atoms with E-state index in [1.165, 1.54) is 5.56 Å². The molecule has 1 N–H and O–H groups in total. The molecule has 0 unspecified atom stereocenters. The zero-order valence-corrected chi connectivity index (χ0v) is 16.0. The number of piperidine rings is 1. The van der Waals surface area contributed by atoms with Crippen molar-refractivity contribution < 1.29 is 9.59 Å². The van der Waals surface area contributed by atoms with Gasteiger partial charge in [0.1, 0.15) is 11.5 Å². The Balaban J connectivity index is 1.23. The van der Waals surface area contributed by atoms with Crippen LogP contribution >= 0.6 is 0 Å². The highest BCUT2D eigenvalue weighted by atomic mass is 16.2. The number of nitrogens with one attached hydrogen (secondary N) is 1. The van der Waals surface area contributed by atoms with E-state index >= 15 is 0 Å². The number of likely N-dealkylation sites (tertiary alicyclic amines) is 1. The van der Waals surface area contributed by atoms with Crippen LogP contribution in [-0.2, 0) is 11.2 Å². The van der Waals surface area contributed by atoms with Gasteiger partial charge in [-0.05, 0) is 43.7 Å². The third kappa shape index (κ3) is 4.74. The van der Waals surface area contributed by atoms with Gasteiger partial charge in [-0.25, -0.2) is 9.97 Å². The maximum absolute atomic E-state index is 12.5. The van der Waals surface area contributed by atoms with E-state index in [2.05, 4.69) is 27.4 Å². The second-order valence-corrected chi connectivity index (χ2v) is 7.69. The molecule has 2 amide bonds. The average molecular weight is 378 g/mol. The fraction of sp³-hybridized carbons (Fsp3) is 0.455. The SMILES string of the molecule is O=C(NC1CCN(C(=O)CCc2ccccc2)CC1)c1ccnc(C2CC2)n1. The minimum atomic E-state index is -0.141. The molecule has 2 fully saturated rings. The number of carbonyl (C=O) groups is 2. The average Bonchev–Trinajstić information content (AvgIpc) is 3.59. The summed E-state index contributed by atoms with van der Waals surface area (Å²) in [4.78, 5) is 35.5. The molecule has 6 heteroatoms. The lowest BCUT2D eigenvalue weighted by atomic mass is 10.0. The zero-order valence-electron chi connectivity index (χ0n) is 16.0. The molecule has 146 valence electrons. The van der Waals surface area contributed by atoms with Crippen LogP contribution in [0.5, 0.6) is 0 Å². The lowest BCUT2D eigenvalue weighted by molar-refractivity contribution is -0.132. The predicted octanol–water partition coefficient (Wildman–Crippen LogP) is 2.71. The van der Waals surface area contributed by atoms with Gasteiger partial charge in [0.05, 0.1) is 0 Å². The molecular weight excluding hydrogens is 352 g/mol. The molecule has 1 aromatic heterocycles. The monoisotopic (exact) mass is 378 g/mol. The van der Waals surface area contributed by atoms with E-state index in [1.807, 2.05) is 23.1 Å². The van der Waals surface area contributed by atoms with E-state index in [0.29, 0.717) is 31.1 Å². The largest absolute Gasteiger partial charge is 0.348 e. The quantitative estimate of drug-likeness (QED) is 0.839. The Labute approximate surface area is 165 Å². The van der Waals surface area contributed by atoms with Gasteiger partial charge in [0.15, 0.2) is 0 Å². The van der Waals surface area contributed by atoms with Crippen molar-refractivity contribution >= 4 is 11.8 Å². The van der Waals surface area contributed by atoms with Crippen molar-refractivity contribution in [3.63, 3.8) is 0 Å². The third-order valence-corrected chi connectivity index (χ3v) is 5.50. The fourth-order valence-corrected chi connectivity index (χ4v) is 3.63. The van der Waals surface area contributed by atoms with Gasteiger partial charge in [0, 0.05) is 37.7 Å². The van der Waals surface area contributed by atoms with E-state index in [1.54, 1.807) is 12.3 Å². The number of nitrogens with zero attached hydrogens (tertiary/aromatic N) is 3. The molecule has 0 radical (unpaired) electrons. The summed E-state index contributed by atoms with van der Waals surface area (Å²) in [5.41, 5.74) is 1.63. The van der Waals surface area contributed by atoms with Crippen molar-refractivity contribution in [2.24, 2.45) is 0 Å². The van der Waals surface area contributed by atoms with Crippen molar-refractivity contribution in [1.29, 1.82) is 0 Å². The maximum Gasteiger partial charge on any atom is 0.270 e. The van der Waals surface area contributed by atoms with Gasteiger partial charge in [-0.1, -0.05) is 30.3 Å². The van der Waals surface area contributed by atoms with Crippen molar-refractivity contribution in [3.8, 4) is 0 Å². The van der Waals surface area contributed by atoms with E-state index in [0.717, 1.165) is 37.9 Å². The van der Waals surface area contributed by atoms with Crippen LogP contribution in [-0.4, -0.2) is 45.8 Å². The highest BCUT2D eigenvalue weighted by Gasteiger charge is 2.28. The Morgan fingerprint density at radius 1 is 1.04 bits per heavy atom. The van der Waals surface area contributed by atoms with Crippen LogP contribution in [0, 0.1) is 0 Å². The second-order valence-electron chi connectivity index (χ2n) is 7.69. The first kappa shape index (κ1) is 18.6.